The van der Waals surface area contributed by atoms with E-state index < -0.39 is 0 Å². The van der Waals surface area contributed by atoms with Gasteiger partial charge < -0.3 is 4.57 Å². The Bertz CT molecular complexity index is 981. The minimum absolute atomic E-state index is 0.119. The number of rotatable bonds is 2. The third-order valence-corrected chi connectivity index (χ3v) is 4.77. The zero-order chi connectivity index (χ0) is 15.9. The topological polar surface area (TPSA) is 58.7 Å². The summed E-state index contributed by atoms with van der Waals surface area (Å²) < 4.78 is 1.91. The third kappa shape index (κ3) is 2.52. The van der Waals surface area contributed by atoms with Crippen molar-refractivity contribution in [2.45, 2.75) is 20.4 Å². The van der Waals surface area contributed by atoms with Crippen molar-refractivity contribution in [2.24, 2.45) is 0 Å². The number of fused-ring (bicyclic) bond motifs is 1. The molecular weight excluding hydrogens is 318 g/mol. The van der Waals surface area contributed by atoms with Crippen molar-refractivity contribution >= 4 is 33.8 Å². The molecule has 0 aliphatic carbocycles. The number of benzene rings is 1. The number of hydrogen-bond acceptors (Lipinski definition) is 4. The largest absolute Gasteiger partial charge is 0.341 e. The van der Waals surface area contributed by atoms with Gasteiger partial charge in [-0.15, -0.1) is 11.3 Å². The number of nitrogens with zero attached hydrogens (tertiary/aromatic N) is 3. The normalized spacial score (nSPS) is 10.8. The molecule has 3 aromatic rings. The second-order valence-corrected chi connectivity index (χ2v) is 6.74. The van der Waals surface area contributed by atoms with E-state index in [1.54, 1.807) is 29.7 Å². The van der Waals surface area contributed by atoms with Gasteiger partial charge in [0.2, 0.25) is 5.43 Å². The summed E-state index contributed by atoms with van der Waals surface area (Å²) in [6, 6.07) is 7.13. The molecule has 0 bridgehead atoms. The smallest absolute Gasteiger partial charge is 0.207 e. The Kier molecular flexibility index (Phi) is 3.73. The molecule has 0 saturated carbocycles. The van der Waals surface area contributed by atoms with Crippen LogP contribution in [-0.2, 0) is 6.54 Å². The minimum atomic E-state index is -0.284. The maximum Gasteiger partial charge on any atom is 0.207 e. The molecule has 0 spiro atoms. The van der Waals surface area contributed by atoms with Gasteiger partial charge in [-0.3, -0.25) is 4.79 Å². The zero-order valence-electron chi connectivity index (χ0n) is 12.1. The number of halogens is 1. The van der Waals surface area contributed by atoms with E-state index in [4.69, 9.17) is 11.6 Å². The second-order valence-electron chi connectivity index (χ2n) is 5.01. The number of aryl methyl sites for hydroxylation is 2. The van der Waals surface area contributed by atoms with Gasteiger partial charge in [0.05, 0.1) is 22.8 Å². The van der Waals surface area contributed by atoms with Crippen LogP contribution < -0.4 is 5.43 Å². The van der Waals surface area contributed by atoms with E-state index in [0.29, 0.717) is 17.0 Å². The van der Waals surface area contributed by atoms with Gasteiger partial charge in [0, 0.05) is 21.5 Å². The highest BCUT2D eigenvalue weighted by Gasteiger charge is 2.12. The molecule has 0 amide bonds. The van der Waals surface area contributed by atoms with Crippen molar-refractivity contribution in [2.75, 3.05) is 0 Å². The van der Waals surface area contributed by atoms with Gasteiger partial charge in [-0.1, -0.05) is 11.6 Å². The Balaban J connectivity index is 2.25. The molecule has 6 heteroatoms. The number of pyridine rings is 1. The lowest BCUT2D eigenvalue weighted by molar-refractivity contribution is 0.828. The van der Waals surface area contributed by atoms with Gasteiger partial charge in [-0.05, 0) is 32.0 Å². The van der Waals surface area contributed by atoms with Crippen molar-refractivity contribution in [3.8, 4) is 6.07 Å². The fourth-order valence-corrected chi connectivity index (χ4v) is 3.56. The van der Waals surface area contributed by atoms with Gasteiger partial charge in [-0.25, -0.2) is 4.98 Å². The highest BCUT2D eigenvalue weighted by atomic mass is 35.5. The molecule has 0 saturated heterocycles. The Morgan fingerprint density at radius 1 is 1.41 bits per heavy atom. The van der Waals surface area contributed by atoms with Crippen molar-refractivity contribution in [3.63, 3.8) is 0 Å². The summed E-state index contributed by atoms with van der Waals surface area (Å²) in [5, 5.41) is 11.1. The molecule has 0 fully saturated rings. The average molecular weight is 330 g/mol. The molecule has 110 valence electrons. The fraction of sp³-hybridized carbons (Fsp3) is 0.188. The molecule has 0 unspecified atom stereocenters. The summed E-state index contributed by atoms with van der Waals surface area (Å²) in [5.74, 6) is 0. The first-order valence-electron chi connectivity index (χ1n) is 6.65. The van der Waals surface area contributed by atoms with Crippen molar-refractivity contribution in [3.05, 3.63) is 60.8 Å². The fourth-order valence-electron chi connectivity index (χ4n) is 2.46. The Morgan fingerprint density at radius 3 is 2.82 bits per heavy atom. The van der Waals surface area contributed by atoms with Crippen molar-refractivity contribution in [1.82, 2.24) is 9.55 Å². The van der Waals surface area contributed by atoms with Gasteiger partial charge in [0.25, 0.3) is 0 Å². The number of nitriles is 1. The van der Waals surface area contributed by atoms with E-state index in [1.165, 1.54) is 0 Å². The van der Waals surface area contributed by atoms with Crippen molar-refractivity contribution in [1.29, 1.82) is 5.26 Å². The van der Waals surface area contributed by atoms with Crippen LogP contribution in [0.25, 0.3) is 10.9 Å². The summed E-state index contributed by atoms with van der Waals surface area (Å²) in [4.78, 5) is 17.8. The zero-order valence-corrected chi connectivity index (χ0v) is 13.6. The molecule has 0 aliphatic rings. The molecule has 0 N–H and O–H groups in total. The van der Waals surface area contributed by atoms with Crippen molar-refractivity contribution < 1.29 is 0 Å². The molecule has 22 heavy (non-hydrogen) atoms. The molecular formula is C16H12ClN3OS. The van der Waals surface area contributed by atoms with Gasteiger partial charge in [-0.2, -0.15) is 5.26 Å². The first-order valence-corrected chi connectivity index (χ1v) is 7.84. The minimum Gasteiger partial charge on any atom is -0.341 e. The van der Waals surface area contributed by atoms with E-state index in [1.807, 2.05) is 30.6 Å². The average Bonchev–Trinajstić information content (AvgIpc) is 2.80. The van der Waals surface area contributed by atoms with E-state index in [-0.39, 0.29) is 11.0 Å². The highest BCUT2D eigenvalue weighted by Crippen LogP contribution is 2.22. The number of thiazole rings is 1. The summed E-state index contributed by atoms with van der Waals surface area (Å²) in [6.07, 6.45) is 1.60. The molecule has 0 radical (unpaired) electrons. The number of hydrogen-bond donors (Lipinski definition) is 0. The molecule has 0 atom stereocenters. The van der Waals surface area contributed by atoms with Crippen LogP contribution in [0.2, 0.25) is 5.02 Å². The third-order valence-electron chi connectivity index (χ3n) is 3.48. The Hall–Kier alpha value is -2.16. The van der Waals surface area contributed by atoms with E-state index in [0.717, 1.165) is 21.1 Å². The lowest BCUT2D eigenvalue weighted by Gasteiger charge is -2.11. The molecule has 0 aliphatic heterocycles. The predicted octanol–water partition coefficient (Wildman–Crippen LogP) is 3.65. The van der Waals surface area contributed by atoms with Gasteiger partial charge in [0.1, 0.15) is 11.6 Å². The molecule has 2 heterocycles. The standard InChI is InChI=1S/C16H12ClN3OS/c1-9-15(22-10(2)19-9)8-20-7-11(6-18)16(21)13-5-12(17)3-4-14(13)20/h3-5,7H,8H2,1-2H3. The Morgan fingerprint density at radius 2 is 2.18 bits per heavy atom. The number of aromatic nitrogens is 2. The van der Waals surface area contributed by atoms with Crippen LogP contribution in [0, 0.1) is 25.2 Å². The molecule has 4 nitrogen and oxygen atoms in total. The SMILES string of the molecule is Cc1nc(C)c(Cn2cc(C#N)c(=O)c3cc(Cl)ccc32)s1. The maximum absolute atomic E-state index is 12.3. The highest BCUT2D eigenvalue weighted by molar-refractivity contribution is 7.11. The Labute approximate surface area is 136 Å². The molecule has 3 rings (SSSR count). The lowest BCUT2D eigenvalue weighted by Crippen LogP contribution is -2.13. The van der Waals surface area contributed by atoms with Crippen LogP contribution in [0.4, 0.5) is 0 Å². The first kappa shape index (κ1) is 14.8. The lowest BCUT2D eigenvalue weighted by atomic mass is 10.1. The van der Waals surface area contributed by atoms with Crippen LogP contribution in [0.15, 0.2) is 29.2 Å². The van der Waals surface area contributed by atoms with E-state index >= 15 is 0 Å². The first-order chi connectivity index (χ1) is 10.5. The van der Waals surface area contributed by atoms with Crippen LogP contribution >= 0.6 is 22.9 Å². The predicted molar refractivity (Wildman–Crippen MR) is 88.6 cm³/mol. The second kappa shape index (κ2) is 5.56. The van der Waals surface area contributed by atoms with Crippen LogP contribution in [0.3, 0.4) is 0 Å². The summed E-state index contributed by atoms with van der Waals surface area (Å²) >= 11 is 7.61. The van der Waals surface area contributed by atoms with Crippen LogP contribution in [0.5, 0.6) is 0 Å². The van der Waals surface area contributed by atoms with Gasteiger partial charge >= 0.3 is 0 Å². The summed E-state index contributed by atoms with van der Waals surface area (Å²) in [5.41, 5.74) is 1.57. The summed E-state index contributed by atoms with van der Waals surface area (Å²) in [6.45, 7) is 4.50. The quantitative estimate of drug-likeness (QED) is 0.721. The molecule has 1 aromatic carbocycles. The van der Waals surface area contributed by atoms with E-state index in [9.17, 15) is 10.1 Å². The van der Waals surface area contributed by atoms with Crippen LogP contribution in [0.1, 0.15) is 21.1 Å². The monoisotopic (exact) mass is 329 g/mol. The summed E-state index contributed by atoms with van der Waals surface area (Å²) in [7, 11) is 0. The van der Waals surface area contributed by atoms with Crippen LogP contribution in [-0.4, -0.2) is 9.55 Å². The van der Waals surface area contributed by atoms with E-state index in [2.05, 4.69) is 4.98 Å². The molecule has 2 aromatic heterocycles. The van der Waals surface area contributed by atoms with Gasteiger partial charge in [0.15, 0.2) is 0 Å². The maximum atomic E-state index is 12.3.